The van der Waals surface area contributed by atoms with Gasteiger partial charge in [0.2, 0.25) is 5.91 Å². The summed E-state index contributed by atoms with van der Waals surface area (Å²) in [6.07, 6.45) is 10.2. The average molecular weight is 259 g/mol. The molecule has 0 bridgehead atoms. The van der Waals surface area contributed by atoms with Crippen LogP contribution in [0.15, 0.2) is 0 Å². The highest BCUT2D eigenvalue weighted by Crippen LogP contribution is 2.09. The summed E-state index contributed by atoms with van der Waals surface area (Å²) in [7, 11) is 0. The number of carbonyl (C=O) groups excluding carboxylic acids is 1. The van der Waals surface area contributed by atoms with Gasteiger partial charge in [-0.3, -0.25) is 4.79 Å². The van der Waals surface area contributed by atoms with Crippen molar-refractivity contribution in [1.29, 1.82) is 0 Å². The molecule has 0 atom stereocenters. The van der Waals surface area contributed by atoms with Crippen LogP contribution in [0.3, 0.4) is 0 Å². The van der Waals surface area contributed by atoms with Crippen molar-refractivity contribution >= 4 is 17.7 Å². The molecule has 3 heteroatoms. The third kappa shape index (κ3) is 13.8. The first-order chi connectivity index (χ1) is 8.31. The van der Waals surface area contributed by atoms with Crippen molar-refractivity contribution in [3.63, 3.8) is 0 Å². The van der Waals surface area contributed by atoms with Gasteiger partial charge in [0.25, 0.3) is 0 Å². The Morgan fingerprint density at radius 2 is 1.59 bits per heavy atom. The van der Waals surface area contributed by atoms with Gasteiger partial charge in [0.1, 0.15) is 0 Å². The van der Waals surface area contributed by atoms with Crippen LogP contribution in [0.25, 0.3) is 0 Å². The van der Waals surface area contributed by atoms with E-state index in [1.54, 1.807) is 11.8 Å². The van der Waals surface area contributed by atoms with Crippen molar-refractivity contribution in [1.82, 2.24) is 5.32 Å². The molecule has 0 aromatic heterocycles. The smallest absolute Gasteiger partial charge is 0.229 e. The van der Waals surface area contributed by atoms with Gasteiger partial charge in [-0.25, -0.2) is 0 Å². The summed E-state index contributed by atoms with van der Waals surface area (Å²) in [4.78, 5) is 11.4. The van der Waals surface area contributed by atoms with Crippen LogP contribution in [0, 0.1) is 0 Å². The van der Waals surface area contributed by atoms with E-state index in [-0.39, 0.29) is 5.91 Å². The van der Waals surface area contributed by atoms with Crippen LogP contribution in [-0.2, 0) is 4.79 Å². The minimum atomic E-state index is 0.203. The molecule has 0 fully saturated rings. The zero-order valence-corrected chi connectivity index (χ0v) is 12.4. The molecule has 17 heavy (non-hydrogen) atoms. The normalized spacial score (nSPS) is 10.5. The van der Waals surface area contributed by atoms with Gasteiger partial charge in [-0.15, -0.1) is 0 Å². The van der Waals surface area contributed by atoms with E-state index in [4.69, 9.17) is 0 Å². The second kappa shape index (κ2) is 13.9. The Bertz CT molecular complexity index is 174. The molecule has 0 aliphatic rings. The molecule has 0 aromatic carbocycles. The van der Waals surface area contributed by atoms with Crippen LogP contribution >= 0.6 is 11.8 Å². The van der Waals surface area contributed by atoms with Crippen molar-refractivity contribution in [3.8, 4) is 0 Å². The average Bonchev–Trinajstić information content (AvgIpc) is 2.33. The molecule has 0 spiro atoms. The topological polar surface area (TPSA) is 29.1 Å². The van der Waals surface area contributed by atoms with Gasteiger partial charge in [0, 0.05) is 6.54 Å². The molecule has 102 valence electrons. The van der Waals surface area contributed by atoms with E-state index in [1.165, 1.54) is 38.5 Å². The fraction of sp³-hybridized carbons (Fsp3) is 0.929. The van der Waals surface area contributed by atoms with Gasteiger partial charge in [0.05, 0.1) is 5.75 Å². The molecule has 0 saturated heterocycles. The van der Waals surface area contributed by atoms with Crippen molar-refractivity contribution < 1.29 is 4.79 Å². The molecule has 0 aliphatic carbocycles. The minimum absolute atomic E-state index is 0.203. The van der Waals surface area contributed by atoms with E-state index < -0.39 is 0 Å². The summed E-state index contributed by atoms with van der Waals surface area (Å²) in [5.41, 5.74) is 0. The number of nitrogens with one attached hydrogen (secondary N) is 1. The second-order valence-electron chi connectivity index (χ2n) is 4.52. The Labute approximate surface area is 111 Å². The van der Waals surface area contributed by atoms with Gasteiger partial charge < -0.3 is 5.32 Å². The number of rotatable bonds is 12. The molecule has 1 N–H and O–H groups in total. The third-order valence-corrected chi connectivity index (χ3v) is 3.77. The highest BCUT2D eigenvalue weighted by molar-refractivity contribution is 7.99. The Balaban J connectivity index is 3.08. The lowest BCUT2D eigenvalue weighted by Crippen LogP contribution is -2.26. The zero-order chi connectivity index (χ0) is 12.8. The van der Waals surface area contributed by atoms with Gasteiger partial charge in [-0.2, -0.15) is 11.8 Å². The summed E-state index contributed by atoms with van der Waals surface area (Å²) in [5, 5.41) is 2.94. The number of amides is 1. The largest absolute Gasteiger partial charge is 0.355 e. The fourth-order valence-electron chi connectivity index (χ4n) is 1.60. The highest BCUT2D eigenvalue weighted by atomic mass is 32.2. The van der Waals surface area contributed by atoms with Gasteiger partial charge >= 0.3 is 0 Å². The summed E-state index contributed by atoms with van der Waals surface area (Å²) in [6.45, 7) is 5.22. The first-order valence-electron chi connectivity index (χ1n) is 7.15. The van der Waals surface area contributed by atoms with Crippen LogP contribution in [0.5, 0.6) is 0 Å². The van der Waals surface area contributed by atoms with Crippen LogP contribution in [0.1, 0.15) is 65.2 Å². The molecule has 0 rings (SSSR count). The van der Waals surface area contributed by atoms with Gasteiger partial charge in [-0.1, -0.05) is 52.4 Å². The predicted molar refractivity (Wildman–Crippen MR) is 78.6 cm³/mol. The molecule has 2 nitrogen and oxygen atoms in total. The van der Waals surface area contributed by atoms with Crippen LogP contribution < -0.4 is 5.32 Å². The van der Waals surface area contributed by atoms with E-state index in [2.05, 4.69) is 19.2 Å². The maximum atomic E-state index is 11.4. The zero-order valence-electron chi connectivity index (χ0n) is 11.6. The van der Waals surface area contributed by atoms with Crippen molar-refractivity contribution in [2.45, 2.75) is 65.2 Å². The first kappa shape index (κ1) is 16.8. The standard InChI is InChI=1S/C14H29NOS/c1-3-5-7-8-9-10-12-17-13-14(16)15-11-6-4-2/h3-13H2,1-2H3,(H,15,16). The fourth-order valence-corrected chi connectivity index (χ4v) is 2.44. The summed E-state index contributed by atoms with van der Waals surface area (Å²) in [5.74, 6) is 1.97. The van der Waals surface area contributed by atoms with Crippen LogP contribution in [0.4, 0.5) is 0 Å². The molecule has 0 radical (unpaired) electrons. The number of thioether (sulfide) groups is 1. The van der Waals surface area contributed by atoms with E-state index in [0.717, 1.165) is 25.1 Å². The lowest BCUT2D eigenvalue weighted by Gasteiger charge is -2.04. The molecular weight excluding hydrogens is 230 g/mol. The lowest BCUT2D eigenvalue weighted by molar-refractivity contribution is -0.118. The molecular formula is C14H29NOS. The summed E-state index contributed by atoms with van der Waals surface area (Å²) >= 11 is 1.77. The first-order valence-corrected chi connectivity index (χ1v) is 8.31. The van der Waals surface area contributed by atoms with E-state index in [9.17, 15) is 4.79 Å². The molecule has 0 unspecified atom stereocenters. The van der Waals surface area contributed by atoms with Gasteiger partial charge in [-0.05, 0) is 18.6 Å². The number of carbonyl (C=O) groups is 1. The summed E-state index contributed by atoms with van der Waals surface area (Å²) in [6, 6.07) is 0. The summed E-state index contributed by atoms with van der Waals surface area (Å²) < 4.78 is 0. The van der Waals surface area contributed by atoms with E-state index in [0.29, 0.717) is 5.75 Å². The quantitative estimate of drug-likeness (QED) is 0.537. The molecule has 0 aromatic rings. The van der Waals surface area contributed by atoms with Crippen LogP contribution in [0.2, 0.25) is 0 Å². The number of hydrogen-bond donors (Lipinski definition) is 1. The molecule has 0 saturated carbocycles. The molecule has 0 heterocycles. The predicted octanol–water partition coefficient (Wildman–Crippen LogP) is 4.00. The number of unbranched alkanes of at least 4 members (excludes halogenated alkanes) is 6. The van der Waals surface area contributed by atoms with E-state index >= 15 is 0 Å². The SMILES string of the molecule is CCCCCCCCSCC(=O)NCCCC. The Hall–Kier alpha value is -0.180. The lowest BCUT2D eigenvalue weighted by atomic mass is 10.1. The Kier molecular flexibility index (Phi) is 13.7. The van der Waals surface area contributed by atoms with Gasteiger partial charge in [0.15, 0.2) is 0 Å². The van der Waals surface area contributed by atoms with Crippen molar-refractivity contribution in [3.05, 3.63) is 0 Å². The monoisotopic (exact) mass is 259 g/mol. The maximum absolute atomic E-state index is 11.4. The third-order valence-electron chi connectivity index (χ3n) is 2.73. The Morgan fingerprint density at radius 1 is 0.941 bits per heavy atom. The maximum Gasteiger partial charge on any atom is 0.229 e. The van der Waals surface area contributed by atoms with Crippen molar-refractivity contribution in [2.75, 3.05) is 18.1 Å². The van der Waals surface area contributed by atoms with E-state index in [1.807, 2.05) is 0 Å². The minimum Gasteiger partial charge on any atom is -0.355 e. The second-order valence-corrected chi connectivity index (χ2v) is 5.63. The Morgan fingerprint density at radius 3 is 2.29 bits per heavy atom. The van der Waals surface area contributed by atoms with Crippen LogP contribution in [-0.4, -0.2) is 24.0 Å². The number of hydrogen-bond acceptors (Lipinski definition) is 2. The molecule has 1 amide bonds. The molecule has 0 aliphatic heterocycles. The van der Waals surface area contributed by atoms with Crippen molar-refractivity contribution in [2.24, 2.45) is 0 Å². The highest BCUT2D eigenvalue weighted by Gasteiger charge is 1.99.